The fourth-order valence-corrected chi connectivity index (χ4v) is 3.44. The molecule has 0 fully saturated rings. The van der Waals surface area contributed by atoms with E-state index in [0.717, 1.165) is 11.0 Å². The summed E-state index contributed by atoms with van der Waals surface area (Å²) >= 11 is 1.22. The van der Waals surface area contributed by atoms with Crippen molar-refractivity contribution in [2.45, 2.75) is 44.1 Å². The Morgan fingerprint density at radius 2 is 1.84 bits per heavy atom. The van der Waals surface area contributed by atoms with Gasteiger partial charge in [0.15, 0.2) is 16.3 Å². The molecule has 0 bridgehead atoms. The van der Waals surface area contributed by atoms with Crippen LogP contribution >= 0.6 is 11.8 Å². The Kier molecular flexibility index (Phi) is 5.76. The first kappa shape index (κ1) is 19.3. The van der Waals surface area contributed by atoms with Crippen molar-refractivity contribution in [3.05, 3.63) is 20.8 Å². The van der Waals surface area contributed by atoms with Gasteiger partial charge in [0.1, 0.15) is 5.25 Å². The number of thioether (sulfide) groups is 1. The highest BCUT2D eigenvalue weighted by molar-refractivity contribution is 8.00. The highest BCUT2D eigenvalue weighted by atomic mass is 32.2. The number of fused-ring (bicyclic) bond motifs is 1. The molecule has 0 N–H and O–H groups in total. The molecule has 2 aromatic rings. The van der Waals surface area contributed by atoms with Gasteiger partial charge in [0, 0.05) is 20.6 Å². The number of esters is 1. The van der Waals surface area contributed by atoms with E-state index >= 15 is 0 Å². The van der Waals surface area contributed by atoms with Gasteiger partial charge < -0.3 is 9.30 Å². The number of imidazole rings is 1. The Morgan fingerprint density at radius 3 is 2.40 bits per heavy atom. The van der Waals surface area contributed by atoms with Crippen molar-refractivity contribution in [2.75, 3.05) is 7.11 Å². The molecule has 0 aliphatic carbocycles. The van der Waals surface area contributed by atoms with E-state index in [1.165, 1.54) is 30.5 Å². The minimum absolute atomic E-state index is 0.330. The fraction of sp³-hybridized carbons (Fsp3) is 0.625. The van der Waals surface area contributed by atoms with E-state index in [0.29, 0.717) is 28.8 Å². The zero-order valence-electron chi connectivity index (χ0n) is 15.4. The molecule has 0 aromatic carbocycles. The van der Waals surface area contributed by atoms with Crippen molar-refractivity contribution in [2.24, 2.45) is 20.0 Å². The van der Waals surface area contributed by atoms with Crippen molar-refractivity contribution >= 4 is 28.9 Å². The standard InChI is InChI=1S/C16H24N4O4S/c1-9(2)7-8-20-11-12(18(4)16(23)19(5)13(11)21)17-15(20)25-10(3)14(22)24-6/h9-10H,7-8H2,1-6H3/t10-/m0/s1. The number of hydrogen-bond donors (Lipinski definition) is 0. The number of ether oxygens (including phenoxy) is 1. The van der Waals surface area contributed by atoms with Crippen LogP contribution in [0.25, 0.3) is 11.2 Å². The summed E-state index contributed by atoms with van der Waals surface area (Å²) < 4.78 is 9.01. The Hall–Kier alpha value is -2.03. The Labute approximate surface area is 149 Å². The van der Waals surface area contributed by atoms with Crippen LogP contribution in [0.4, 0.5) is 0 Å². The maximum Gasteiger partial charge on any atom is 0.332 e. The number of methoxy groups -OCH3 is 1. The Morgan fingerprint density at radius 1 is 1.20 bits per heavy atom. The van der Waals surface area contributed by atoms with Crippen LogP contribution in [-0.4, -0.2) is 37.0 Å². The van der Waals surface area contributed by atoms with Gasteiger partial charge in [-0.1, -0.05) is 25.6 Å². The van der Waals surface area contributed by atoms with Gasteiger partial charge in [-0.05, 0) is 19.3 Å². The molecule has 0 aliphatic rings. The Balaban J connectivity index is 2.67. The second-order valence-corrected chi connectivity index (χ2v) is 7.70. The topological polar surface area (TPSA) is 88.1 Å². The third-order valence-corrected chi connectivity index (χ3v) is 5.13. The second kappa shape index (κ2) is 7.47. The van der Waals surface area contributed by atoms with Gasteiger partial charge in [-0.3, -0.25) is 18.7 Å². The van der Waals surface area contributed by atoms with Crippen molar-refractivity contribution in [3.8, 4) is 0 Å². The van der Waals surface area contributed by atoms with Crippen molar-refractivity contribution in [3.63, 3.8) is 0 Å². The normalized spacial score (nSPS) is 12.8. The molecule has 2 heterocycles. The van der Waals surface area contributed by atoms with Crippen LogP contribution in [0.2, 0.25) is 0 Å². The number of hydrogen-bond acceptors (Lipinski definition) is 6. The third kappa shape index (κ3) is 3.65. The molecule has 0 aliphatic heterocycles. The average molecular weight is 368 g/mol. The van der Waals surface area contributed by atoms with Gasteiger partial charge in [0.05, 0.1) is 7.11 Å². The molecule has 0 amide bonds. The summed E-state index contributed by atoms with van der Waals surface area (Å²) in [4.78, 5) is 41.0. The van der Waals surface area contributed by atoms with E-state index in [-0.39, 0.29) is 11.5 Å². The zero-order chi connectivity index (χ0) is 18.9. The molecule has 0 saturated heterocycles. The van der Waals surface area contributed by atoms with Gasteiger partial charge in [-0.2, -0.15) is 0 Å². The first-order valence-electron chi connectivity index (χ1n) is 8.09. The first-order chi connectivity index (χ1) is 11.7. The van der Waals surface area contributed by atoms with Crippen LogP contribution < -0.4 is 11.2 Å². The molecule has 0 unspecified atom stereocenters. The lowest BCUT2D eigenvalue weighted by Gasteiger charge is -2.12. The number of nitrogens with zero attached hydrogens (tertiary/aromatic N) is 4. The van der Waals surface area contributed by atoms with Gasteiger partial charge in [-0.15, -0.1) is 0 Å². The van der Waals surface area contributed by atoms with Crippen LogP contribution in [0, 0.1) is 5.92 Å². The third-order valence-electron chi connectivity index (χ3n) is 4.06. The van der Waals surface area contributed by atoms with Crippen LogP contribution in [-0.2, 0) is 30.2 Å². The maximum atomic E-state index is 12.6. The van der Waals surface area contributed by atoms with E-state index < -0.39 is 10.9 Å². The summed E-state index contributed by atoms with van der Waals surface area (Å²) in [6.45, 7) is 6.49. The second-order valence-electron chi connectivity index (χ2n) is 6.39. The van der Waals surface area contributed by atoms with Crippen molar-refractivity contribution in [1.82, 2.24) is 18.7 Å². The number of aromatic nitrogens is 4. The molecular weight excluding hydrogens is 344 g/mol. The van der Waals surface area contributed by atoms with Crippen molar-refractivity contribution in [1.29, 1.82) is 0 Å². The molecular formula is C16H24N4O4S. The zero-order valence-corrected chi connectivity index (χ0v) is 16.2. The minimum Gasteiger partial charge on any atom is -0.468 e. The predicted molar refractivity (Wildman–Crippen MR) is 97.0 cm³/mol. The summed E-state index contributed by atoms with van der Waals surface area (Å²) in [5.41, 5.74) is -0.100. The summed E-state index contributed by atoms with van der Waals surface area (Å²) in [5, 5.41) is 0.0624. The molecule has 9 heteroatoms. The van der Waals surface area contributed by atoms with E-state index in [2.05, 4.69) is 18.8 Å². The molecule has 0 spiro atoms. The van der Waals surface area contributed by atoms with E-state index in [9.17, 15) is 14.4 Å². The monoisotopic (exact) mass is 368 g/mol. The van der Waals surface area contributed by atoms with Crippen LogP contribution in [0.1, 0.15) is 27.2 Å². The van der Waals surface area contributed by atoms with Crippen LogP contribution in [0.5, 0.6) is 0 Å². The number of rotatable bonds is 6. The average Bonchev–Trinajstić information content (AvgIpc) is 2.93. The molecule has 0 saturated carbocycles. The van der Waals surface area contributed by atoms with Gasteiger partial charge in [-0.25, -0.2) is 9.78 Å². The van der Waals surface area contributed by atoms with Crippen molar-refractivity contribution < 1.29 is 9.53 Å². The van der Waals surface area contributed by atoms with Crippen LogP contribution in [0.3, 0.4) is 0 Å². The number of carbonyl (C=O) groups is 1. The molecule has 138 valence electrons. The molecule has 1 atom stereocenters. The predicted octanol–water partition coefficient (Wildman–Crippen LogP) is 1.13. The molecule has 8 nitrogen and oxygen atoms in total. The number of carbonyl (C=O) groups excluding carboxylic acids is 1. The van der Waals surface area contributed by atoms with E-state index in [4.69, 9.17) is 4.74 Å². The molecule has 2 aromatic heterocycles. The lowest BCUT2D eigenvalue weighted by atomic mass is 10.1. The fourth-order valence-electron chi connectivity index (χ4n) is 2.48. The SMILES string of the molecule is COC(=O)[C@H](C)Sc1nc2c(c(=O)n(C)c(=O)n2C)n1CCC(C)C. The highest BCUT2D eigenvalue weighted by Gasteiger charge is 2.23. The van der Waals surface area contributed by atoms with E-state index in [1.54, 1.807) is 18.5 Å². The summed E-state index contributed by atoms with van der Waals surface area (Å²) in [7, 11) is 4.37. The summed E-state index contributed by atoms with van der Waals surface area (Å²) in [5.74, 6) is 0.0685. The minimum atomic E-state index is -0.472. The van der Waals surface area contributed by atoms with Gasteiger partial charge >= 0.3 is 11.7 Å². The summed E-state index contributed by atoms with van der Waals surface area (Å²) in [6.07, 6.45) is 0.845. The molecule has 25 heavy (non-hydrogen) atoms. The van der Waals surface area contributed by atoms with Crippen LogP contribution in [0.15, 0.2) is 14.7 Å². The Bertz CT molecular complexity index is 909. The first-order valence-corrected chi connectivity index (χ1v) is 8.97. The quantitative estimate of drug-likeness (QED) is 0.561. The van der Waals surface area contributed by atoms with Gasteiger partial charge in [0.25, 0.3) is 5.56 Å². The smallest absolute Gasteiger partial charge is 0.332 e. The molecule has 0 radical (unpaired) electrons. The molecule has 2 rings (SSSR count). The highest BCUT2D eigenvalue weighted by Crippen LogP contribution is 2.26. The number of aryl methyl sites for hydroxylation is 2. The van der Waals surface area contributed by atoms with Gasteiger partial charge in [0.2, 0.25) is 0 Å². The summed E-state index contributed by atoms with van der Waals surface area (Å²) in [6, 6.07) is 0. The maximum absolute atomic E-state index is 12.6. The van der Waals surface area contributed by atoms with E-state index in [1.807, 2.05) is 0 Å². The largest absolute Gasteiger partial charge is 0.468 e. The lowest BCUT2D eigenvalue weighted by Crippen LogP contribution is -2.37. The lowest BCUT2D eigenvalue weighted by molar-refractivity contribution is -0.139.